The number of hydrogen-bond acceptors (Lipinski definition) is 1. The third kappa shape index (κ3) is 2.43. The van der Waals surface area contributed by atoms with Gasteiger partial charge in [-0.05, 0) is 41.4 Å². The van der Waals surface area contributed by atoms with Crippen LogP contribution in [0.4, 0.5) is 0 Å². The van der Waals surface area contributed by atoms with Gasteiger partial charge in [0.2, 0.25) is 0 Å². The van der Waals surface area contributed by atoms with Crippen molar-refractivity contribution < 1.29 is 4.79 Å². The fourth-order valence-corrected chi connectivity index (χ4v) is 2.73. The highest BCUT2D eigenvalue weighted by molar-refractivity contribution is 5.59. The van der Waals surface area contributed by atoms with Crippen LogP contribution in [0, 0.1) is 5.41 Å². The number of rotatable bonds is 3. The van der Waals surface area contributed by atoms with Crippen LogP contribution in [0.2, 0.25) is 0 Å². The Balaban J connectivity index is 2.31. The Hall–Kier alpha value is -1.11. The van der Waals surface area contributed by atoms with Gasteiger partial charge in [0.05, 0.1) is 0 Å². The Morgan fingerprint density at radius 2 is 2.06 bits per heavy atom. The van der Waals surface area contributed by atoms with Crippen molar-refractivity contribution >= 4 is 6.29 Å². The summed E-state index contributed by atoms with van der Waals surface area (Å²) in [5.74, 6) is 0. The van der Waals surface area contributed by atoms with Crippen molar-refractivity contribution in [2.75, 3.05) is 0 Å². The summed E-state index contributed by atoms with van der Waals surface area (Å²) in [6, 6.07) is 6.75. The number of aryl methyl sites for hydroxylation is 1. The quantitative estimate of drug-likeness (QED) is 0.724. The van der Waals surface area contributed by atoms with Gasteiger partial charge in [0, 0.05) is 5.41 Å². The summed E-state index contributed by atoms with van der Waals surface area (Å²) in [6.45, 7) is 8.62. The van der Waals surface area contributed by atoms with Gasteiger partial charge in [-0.3, -0.25) is 0 Å². The van der Waals surface area contributed by atoms with Gasteiger partial charge >= 0.3 is 0 Å². The van der Waals surface area contributed by atoms with Gasteiger partial charge in [0.15, 0.2) is 0 Å². The van der Waals surface area contributed by atoms with Gasteiger partial charge in [-0.25, -0.2) is 0 Å². The van der Waals surface area contributed by atoms with Gasteiger partial charge in [-0.2, -0.15) is 0 Å². The molecular formula is C16H22O. The maximum atomic E-state index is 11.0. The van der Waals surface area contributed by atoms with E-state index in [0.717, 1.165) is 12.7 Å². The van der Waals surface area contributed by atoms with E-state index in [1.54, 1.807) is 0 Å². The molecule has 1 aliphatic rings. The lowest BCUT2D eigenvalue weighted by molar-refractivity contribution is -0.114. The second-order valence-corrected chi connectivity index (χ2v) is 6.66. The normalized spacial score (nSPS) is 17.9. The van der Waals surface area contributed by atoms with Crippen LogP contribution in [0.15, 0.2) is 18.2 Å². The Labute approximate surface area is 104 Å². The predicted molar refractivity (Wildman–Crippen MR) is 71.3 cm³/mol. The summed E-state index contributed by atoms with van der Waals surface area (Å²) in [5, 5.41) is 0. The summed E-state index contributed by atoms with van der Waals surface area (Å²) in [6.07, 6.45) is 4.33. The Morgan fingerprint density at radius 1 is 1.35 bits per heavy atom. The first-order chi connectivity index (χ1) is 7.84. The lowest BCUT2D eigenvalue weighted by Crippen LogP contribution is -2.17. The molecule has 2 rings (SSSR count). The van der Waals surface area contributed by atoms with E-state index >= 15 is 0 Å². The third-order valence-corrected chi connectivity index (χ3v) is 3.90. The topological polar surface area (TPSA) is 17.1 Å². The molecule has 0 N–H and O–H groups in total. The molecule has 0 aliphatic heterocycles. The van der Waals surface area contributed by atoms with E-state index in [9.17, 15) is 4.79 Å². The van der Waals surface area contributed by atoms with Gasteiger partial charge in [0.1, 0.15) is 6.29 Å². The van der Waals surface area contributed by atoms with Crippen LogP contribution in [0.1, 0.15) is 50.8 Å². The molecule has 0 unspecified atom stereocenters. The molecule has 0 saturated heterocycles. The van der Waals surface area contributed by atoms with E-state index < -0.39 is 0 Å². The van der Waals surface area contributed by atoms with Gasteiger partial charge in [-0.15, -0.1) is 0 Å². The van der Waals surface area contributed by atoms with Crippen LogP contribution in [-0.4, -0.2) is 6.29 Å². The van der Waals surface area contributed by atoms with Crippen molar-refractivity contribution in [3.8, 4) is 0 Å². The van der Waals surface area contributed by atoms with E-state index in [1.165, 1.54) is 29.5 Å². The molecule has 0 aromatic heterocycles. The minimum absolute atomic E-state index is 0.253. The smallest absolute Gasteiger partial charge is 0.125 e. The van der Waals surface area contributed by atoms with E-state index in [4.69, 9.17) is 0 Å². The van der Waals surface area contributed by atoms with Crippen molar-refractivity contribution in [2.24, 2.45) is 5.41 Å². The Kier molecular flexibility index (Phi) is 2.89. The fourth-order valence-electron chi connectivity index (χ4n) is 2.73. The predicted octanol–water partition coefficient (Wildman–Crippen LogP) is 3.68. The van der Waals surface area contributed by atoms with Crippen molar-refractivity contribution in [2.45, 2.75) is 52.4 Å². The lowest BCUT2D eigenvalue weighted by atomic mass is 9.82. The van der Waals surface area contributed by atoms with Gasteiger partial charge in [0.25, 0.3) is 0 Å². The highest BCUT2D eigenvalue weighted by Gasteiger charge is 2.30. The molecule has 92 valence electrons. The monoisotopic (exact) mass is 230 g/mol. The van der Waals surface area contributed by atoms with Crippen molar-refractivity contribution in [3.05, 3.63) is 34.9 Å². The Bertz CT molecular complexity index is 441. The number of hydrogen-bond donors (Lipinski definition) is 0. The lowest BCUT2D eigenvalue weighted by Gasteiger charge is -2.21. The first-order valence-electron chi connectivity index (χ1n) is 6.43. The summed E-state index contributed by atoms with van der Waals surface area (Å²) in [5.41, 5.74) is 4.31. The molecule has 0 spiro atoms. The zero-order chi connectivity index (χ0) is 12.7. The van der Waals surface area contributed by atoms with E-state index in [-0.39, 0.29) is 5.41 Å². The summed E-state index contributed by atoms with van der Waals surface area (Å²) >= 11 is 0. The van der Waals surface area contributed by atoms with Crippen LogP contribution in [-0.2, 0) is 23.1 Å². The number of carbonyl (C=O) groups excluding carboxylic acids is 1. The van der Waals surface area contributed by atoms with E-state index in [1.807, 2.05) is 13.8 Å². The number of fused-ring (bicyclic) bond motifs is 1. The zero-order valence-electron chi connectivity index (χ0n) is 11.3. The molecule has 1 aromatic carbocycles. The van der Waals surface area contributed by atoms with Crippen molar-refractivity contribution in [1.29, 1.82) is 0 Å². The summed E-state index contributed by atoms with van der Waals surface area (Å²) in [4.78, 5) is 11.0. The molecule has 0 atom stereocenters. The zero-order valence-corrected chi connectivity index (χ0v) is 11.3. The maximum absolute atomic E-state index is 11.0. The highest BCUT2D eigenvalue weighted by atomic mass is 16.1. The molecule has 1 heteroatoms. The summed E-state index contributed by atoms with van der Waals surface area (Å²) in [7, 11) is 0. The number of carbonyl (C=O) groups is 1. The number of aldehydes is 1. The molecule has 0 heterocycles. The molecule has 0 amide bonds. The third-order valence-electron chi connectivity index (χ3n) is 3.90. The van der Waals surface area contributed by atoms with Crippen LogP contribution in [0.5, 0.6) is 0 Å². The minimum Gasteiger partial charge on any atom is -0.303 e. The first kappa shape index (κ1) is 12.3. The van der Waals surface area contributed by atoms with Gasteiger partial charge in [-0.1, -0.05) is 45.9 Å². The molecule has 0 bridgehead atoms. The molecular weight excluding hydrogens is 208 g/mol. The molecule has 0 radical (unpaired) electrons. The van der Waals surface area contributed by atoms with Crippen LogP contribution < -0.4 is 0 Å². The highest BCUT2D eigenvalue weighted by Crippen LogP contribution is 2.39. The molecule has 17 heavy (non-hydrogen) atoms. The summed E-state index contributed by atoms with van der Waals surface area (Å²) < 4.78 is 0. The molecule has 1 nitrogen and oxygen atoms in total. The van der Waals surface area contributed by atoms with Crippen molar-refractivity contribution in [3.63, 3.8) is 0 Å². The van der Waals surface area contributed by atoms with Crippen molar-refractivity contribution in [1.82, 2.24) is 0 Å². The maximum Gasteiger partial charge on any atom is 0.125 e. The fraction of sp³-hybridized carbons (Fsp3) is 0.562. The van der Waals surface area contributed by atoms with E-state index in [2.05, 4.69) is 32.0 Å². The minimum atomic E-state index is -0.253. The SMILES string of the molecule is CC(C)(C=O)Cc1ccc2c(c1)C(C)(C)CC2. The second kappa shape index (κ2) is 3.97. The average molecular weight is 230 g/mol. The van der Waals surface area contributed by atoms with Crippen LogP contribution in [0.3, 0.4) is 0 Å². The molecule has 1 aliphatic carbocycles. The van der Waals surface area contributed by atoms with Crippen LogP contribution in [0.25, 0.3) is 0 Å². The Morgan fingerprint density at radius 3 is 2.71 bits per heavy atom. The number of benzene rings is 1. The first-order valence-corrected chi connectivity index (χ1v) is 6.43. The van der Waals surface area contributed by atoms with Gasteiger partial charge < -0.3 is 4.79 Å². The average Bonchev–Trinajstić information content (AvgIpc) is 2.55. The van der Waals surface area contributed by atoms with Crippen LogP contribution >= 0.6 is 0 Å². The molecule has 0 fully saturated rings. The van der Waals surface area contributed by atoms with E-state index in [0.29, 0.717) is 5.41 Å². The molecule has 0 saturated carbocycles. The largest absolute Gasteiger partial charge is 0.303 e. The standard InChI is InChI=1S/C16H22O/c1-15(2,11-17)10-12-5-6-13-7-8-16(3,4)14(13)9-12/h5-6,9,11H,7-8,10H2,1-4H3. The second-order valence-electron chi connectivity index (χ2n) is 6.66. The molecule has 1 aromatic rings.